The zero-order valence-corrected chi connectivity index (χ0v) is 14.8. The number of aryl methyl sites for hydroxylation is 1. The predicted octanol–water partition coefficient (Wildman–Crippen LogP) is 1.62. The van der Waals surface area contributed by atoms with Crippen molar-refractivity contribution in [2.24, 2.45) is 5.10 Å². The Bertz CT molecular complexity index is 848. The predicted molar refractivity (Wildman–Crippen MR) is 91.9 cm³/mol. The minimum Gasteiger partial charge on any atom is -0.493 e. The number of aromatic amines is 1. The number of halogens is 1. The molecule has 0 saturated carbocycles. The summed E-state index contributed by atoms with van der Waals surface area (Å²) in [6.45, 7) is 1.66. The first-order valence-electron chi connectivity index (χ1n) is 6.78. The van der Waals surface area contributed by atoms with Gasteiger partial charge in [-0.1, -0.05) is 0 Å². The van der Waals surface area contributed by atoms with Crippen molar-refractivity contribution in [2.45, 2.75) is 6.92 Å². The molecule has 0 fully saturated rings. The van der Waals surface area contributed by atoms with Crippen molar-refractivity contribution in [3.05, 3.63) is 50.1 Å². The molecule has 0 atom stereocenters. The summed E-state index contributed by atoms with van der Waals surface area (Å²) < 4.78 is 11.1. The lowest BCUT2D eigenvalue weighted by Gasteiger charge is -2.10. The van der Waals surface area contributed by atoms with Gasteiger partial charge >= 0.3 is 5.69 Å². The summed E-state index contributed by atoms with van der Waals surface area (Å²) >= 11 is 3.40. The van der Waals surface area contributed by atoms with Gasteiger partial charge in [0.1, 0.15) is 5.69 Å². The number of H-pyrrole nitrogens is 1. The molecule has 0 saturated heterocycles. The van der Waals surface area contributed by atoms with Crippen LogP contribution < -0.4 is 20.6 Å². The molecule has 2 N–H and O–H groups in total. The number of methoxy groups -OCH3 is 2. The highest BCUT2D eigenvalue weighted by Crippen LogP contribution is 2.36. The number of hydrogen-bond donors (Lipinski definition) is 2. The van der Waals surface area contributed by atoms with Gasteiger partial charge in [-0.15, -0.1) is 0 Å². The Balaban J connectivity index is 2.17. The number of benzene rings is 1. The fraction of sp³-hybridized carbons (Fsp3) is 0.200. The third-order valence-electron chi connectivity index (χ3n) is 3.00. The topological polar surface area (TPSA) is 106 Å². The highest BCUT2D eigenvalue weighted by atomic mass is 79.9. The van der Waals surface area contributed by atoms with Crippen LogP contribution in [0.4, 0.5) is 0 Å². The SMILES string of the molecule is COc1ccc(/C=N/NC(=O)c2cc(C)[nH]c(=O)n2)c(Br)c1OC. The van der Waals surface area contributed by atoms with Crippen molar-refractivity contribution in [1.82, 2.24) is 15.4 Å². The van der Waals surface area contributed by atoms with Gasteiger partial charge in [-0.05, 0) is 41.1 Å². The van der Waals surface area contributed by atoms with Crippen molar-refractivity contribution in [2.75, 3.05) is 14.2 Å². The normalized spacial score (nSPS) is 10.7. The number of aromatic nitrogens is 2. The second-order valence-corrected chi connectivity index (χ2v) is 5.45. The zero-order chi connectivity index (χ0) is 17.7. The van der Waals surface area contributed by atoms with Crippen LogP contribution in [0.5, 0.6) is 11.5 Å². The van der Waals surface area contributed by atoms with Gasteiger partial charge in [0.05, 0.1) is 24.9 Å². The number of ether oxygens (including phenoxy) is 2. The summed E-state index contributed by atoms with van der Waals surface area (Å²) in [5, 5.41) is 3.87. The van der Waals surface area contributed by atoms with E-state index in [1.807, 2.05) is 0 Å². The van der Waals surface area contributed by atoms with E-state index in [0.29, 0.717) is 27.2 Å². The molecule has 0 aliphatic rings. The molecule has 2 rings (SSSR count). The minimum absolute atomic E-state index is 0.0141. The highest BCUT2D eigenvalue weighted by Gasteiger charge is 2.12. The van der Waals surface area contributed by atoms with Crippen LogP contribution in [0, 0.1) is 6.92 Å². The van der Waals surface area contributed by atoms with Gasteiger partial charge in [0, 0.05) is 11.3 Å². The Morgan fingerprint density at radius 3 is 2.75 bits per heavy atom. The van der Waals surface area contributed by atoms with E-state index in [9.17, 15) is 9.59 Å². The number of hydrogen-bond acceptors (Lipinski definition) is 6. The molecule has 1 aromatic carbocycles. The Hall–Kier alpha value is -2.68. The van der Waals surface area contributed by atoms with Crippen molar-refractivity contribution < 1.29 is 14.3 Å². The summed E-state index contributed by atoms with van der Waals surface area (Å²) in [5.74, 6) is 0.491. The van der Waals surface area contributed by atoms with Gasteiger partial charge < -0.3 is 14.5 Å². The fourth-order valence-electron chi connectivity index (χ4n) is 1.92. The number of amides is 1. The number of nitrogens with zero attached hydrogens (tertiary/aromatic N) is 2. The van der Waals surface area contributed by atoms with Crippen LogP contribution in [0.2, 0.25) is 0 Å². The molecule has 0 unspecified atom stereocenters. The Morgan fingerprint density at radius 1 is 1.38 bits per heavy atom. The van der Waals surface area contributed by atoms with Crippen LogP contribution in [0.15, 0.2) is 32.6 Å². The maximum Gasteiger partial charge on any atom is 0.345 e. The number of carbonyl (C=O) groups is 1. The smallest absolute Gasteiger partial charge is 0.345 e. The molecule has 8 nitrogen and oxygen atoms in total. The van der Waals surface area contributed by atoms with Gasteiger partial charge in [-0.25, -0.2) is 10.2 Å². The van der Waals surface area contributed by atoms with Crippen molar-refractivity contribution >= 4 is 28.1 Å². The molecular formula is C15H15BrN4O4. The fourth-order valence-corrected chi connectivity index (χ4v) is 2.51. The molecule has 0 radical (unpaired) electrons. The molecular weight excluding hydrogens is 380 g/mol. The first-order valence-corrected chi connectivity index (χ1v) is 7.57. The van der Waals surface area contributed by atoms with E-state index in [0.717, 1.165) is 0 Å². The second kappa shape index (κ2) is 7.73. The minimum atomic E-state index is -0.591. The Morgan fingerprint density at radius 2 is 2.12 bits per heavy atom. The molecule has 1 heterocycles. The van der Waals surface area contributed by atoms with Crippen LogP contribution in [0.3, 0.4) is 0 Å². The second-order valence-electron chi connectivity index (χ2n) is 4.66. The molecule has 1 aromatic heterocycles. The number of rotatable bonds is 5. The molecule has 0 bridgehead atoms. The third kappa shape index (κ3) is 3.99. The zero-order valence-electron chi connectivity index (χ0n) is 13.2. The van der Waals surface area contributed by atoms with E-state index >= 15 is 0 Å². The van der Waals surface area contributed by atoms with E-state index in [-0.39, 0.29) is 5.69 Å². The largest absolute Gasteiger partial charge is 0.493 e. The molecule has 9 heteroatoms. The standard InChI is InChI=1S/C15H15BrN4O4/c1-8-6-10(19-15(22)18-8)14(21)20-17-7-9-4-5-11(23-2)13(24-3)12(9)16/h4-7H,1-3H3,(H,20,21)(H,18,19,22)/b17-7+. The maximum absolute atomic E-state index is 12.0. The number of carbonyl (C=O) groups excluding carboxylic acids is 1. The van der Waals surface area contributed by atoms with Crippen LogP contribution >= 0.6 is 15.9 Å². The molecule has 1 amide bonds. The molecule has 0 spiro atoms. The lowest BCUT2D eigenvalue weighted by Crippen LogP contribution is -2.24. The molecule has 126 valence electrons. The summed E-state index contributed by atoms with van der Waals surface area (Å²) in [6.07, 6.45) is 1.43. The van der Waals surface area contributed by atoms with Gasteiger partial charge in [0.25, 0.3) is 5.91 Å². The van der Waals surface area contributed by atoms with Gasteiger partial charge in [0.15, 0.2) is 11.5 Å². The highest BCUT2D eigenvalue weighted by molar-refractivity contribution is 9.10. The average Bonchev–Trinajstić information content (AvgIpc) is 2.54. The maximum atomic E-state index is 12.0. The van der Waals surface area contributed by atoms with E-state index in [2.05, 4.69) is 36.4 Å². The van der Waals surface area contributed by atoms with E-state index in [4.69, 9.17) is 9.47 Å². The summed E-state index contributed by atoms with van der Waals surface area (Å²) in [7, 11) is 3.06. The van der Waals surface area contributed by atoms with Gasteiger partial charge in [0.2, 0.25) is 0 Å². The van der Waals surface area contributed by atoms with Gasteiger partial charge in [-0.3, -0.25) is 4.79 Å². The quantitative estimate of drug-likeness (QED) is 0.591. The van der Waals surface area contributed by atoms with E-state index < -0.39 is 11.6 Å². The Kier molecular flexibility index (Phi) is 5.69. The number of nitrogens with one attached hydrogen (secondary N) is 2. The molecule has 0 aliphatic heterocycles. The van der Waals surface area contributed by atoms with Crippen molar-refractivity contribution in [1.29, 1.82) is 0 Å². The van der Waals surface area contributed by atoms with E-state index in [1.54, 1.807) is 19.1 Å². The van der Waals surface area contributed by atoms with Crippen LogP contribution in [-0.2, 0) is 0 Å². The van der Waals surface area contributed by atoms with Crippen LogP contribution in [-0.4, -0.2) is 36.3 Å². The molecule has 0 aliphatic carbocycles. The first kappa shape index (κ1) is 17.7. The first-order chi connectivity index (χ1) is 11.5. The average molecular weight is 395 g/mol. The third-order valence-corrected chi connectivity index (χ3v) is 3.81. The van der Waals surface area contributed by atoms with E-state index in [1.165, 1.54) is 26.5 Å². The lowest BCUT2D eigenvalue weighted by molar-refractivity contribution is 0.0949. The molecule has 2 aromatic rings. The van der Waals surface area contributed by atoms with Crippen molar-refractivity contribution in [3.63, 3.8) is 0 Å². The van der Waals surface area contributed by atoms with Gasteiger partial charge in [-0.2, -0.15) is 10.1 Å². The monoisotopic (exact) mass is 394 g/mol. The summed E-state index contributed by atoms with van der Waals surface area (Å²) in [5.41, 5.74) is 2.92. The number of hydrazone groups is 1. The van der Waals surface area contributed by atoms with Crippen LogP contribution in [0.1, 0.15) is 21.7 Å². The van der Waals surface area contributed by atoms with Crippen molar-refractivity contribution in [3.8, 4) is 11.5 Å². The summed E-state index contributed by atoms with van der Waals surface area (Å²) in [4.78, 5) is 29.3. The van der Waals surface area contributed by atoms with Crippen LogP contribution in [0.25, 0.3) is 0 Å². The summed E-state index contributed by atoms with van der Waals surface area (Å²) in [6, 6.07) is 4.92. The Labute approximate surface area is 146 Å². The lowest BCUT2D eigenvalue weighted by atomic mass is 10.2. The molecule has 24 heavy (non-hydrogen) atoms.